The van der Waals surface area contributed by atoms with Crippen LogP contribution in [0, 0.1) is 5.92 Å². The van der Waals surface area contributed by atoms with Gasteiger partial charge in [0, 0.05) is 12.1 Å². The Morgan fingerprint density at radius 2 is 1.80 bits per heavy atom. The topological polar surface area (TPSA) is 32.3 Å². The highest BCUT2D eigenvalue weighted by molar-refractivity contribution is 4.82. The number of hydrogen-bond donors (Lipinski definition) is 2. The van der Waals surface area contributed by atoms with Crippen LogP contribution >= 0.6 is 0 Å². The molecule has 1 aliphatic carbocycles. The van der Waals surface area contributed by atoms with Crippen molar-refractivity contribution in [2.75, 3.05) is 0 Å². The van der Waals surface area contributed by atoms with Crippen LogP contribution in [0.5, 0.6) is 0 Å². The lowest BCUT2D eigenvalue weighted by Gasteiger charge is -2.31. The third kappa shape index (κ3) is 4.98. The molecule has 0 amide bonds. The number of aliphatic hydroxyl groups is 1. The summed E-state index contributed by atoms with van der Waals surface area (Å²) in [5, 5.41) is 13.4. The van der Waals surface area contributed by atoms with Crippen LogP contribution in [0.4, 0.5) is 0 Å². The highest BCUT2D eigenvalue weighted by atomic mass is 16.3. The molecule has 0 spiro atoms. The molecule has 2 nitrogen and oxygen atoms in total. The summed E-state index contributed by atoms with van der Waals surface area (Å²) < 4.78 is 0. The van der Waals surface area contributed by atoms with Gasteiger partial charge in [0.15, 0.2) is 0 Å². The Morgan fingerprint density at radius 1 is 1.13 bits per heavy atom. The van der Waals surface area contributed by atoms with Crippen LogP contribution in [0.25, 0.3) is 0 Å². The molecule has 90 valence electrons. The van der Waals surface area contributed by atoms with E-state index in [1.807, 2.05) is 0 Å². The molecule has 0 saturated heterocycles. The molecule has 1 saturated carbocycles. The lowest BCUT2D eigenvalue weighted by atomic mass is 9.91. The minimum atomic E-state index is -0.111. The van der Waals surface area contributed by atoms with E-state index in [0.29, 0.717) is 12.1 Å². The van der Waals surface area contributed by atoms with Gasteiger partial charge in [0.25, 0.3) is 0 Å². The first kappa shape index (κ1) is 13.0. The van der Waals surface area contributed by atoms with E-state index in [2.05, 4.69) is 26.1 Å². The number of rotatable bonds is 5. The van der Waals surface area contributed by atoms with Crippen molar-refractivity contribution in [1.29, 1.82) is 0 Å². The highest BCUT2D eigenvalue weighted by Gasteiger charge is 2.23. The average molecular weight is 213 g/mol. The fourth-order valence-corrected chi connectivity index (χ4v) is 2.34. The molecular weight excluding hydrogens is 186 g/mol. The zero-order chi connectivity index (χ0) is 11.3. The van der Waals surface area contributed by atoms with Gasteiger partial charge in [-0.2, -0.15) is 0 Å². The van der Waals surface area contributed by atoms with Gasteiger partial charge < -0.3 is 10.4 Å². The zero-order valence-corrected chi connectivity index (χ0v) is 10.5. The van der Waals surface area contributed by atoms with Gasteiger partial charge >= 0.3 is 0 Å². The molecule has 0 bridgehead atoms. The first-order valence-corrected chi connectivity index (χ1v) is 6.53. The first-order chi connectivity index (χ1) is 7.09. The van der Waals surface area contributed by atoms with E-state index in [9.17, 15) is 5.11 Å². The van der Waals surface area contributed by atoms with Crippen molar-refractivity contribution in [3.63, 3.8) is 0 Å². The summed E-state index contributed by atoms with van der Waals surface area (Å²) >= 11 is 0. The maximum atomic E-state index is 9.83. The van der Waals surface area contributed by atoms with Gasteiger partial charge in [0.2, 0.25) is 0 Å². The predicted molar refractivity (Wildman–Crippen MR) is 64.9 cm³/mol. The molecule has 1 aliphatic rings. The third-order valence-electron chi connectivity index (χ3n) is 3.41. The quantitative estimate of drug-likeness (QED) is 0.736. The second-order valence-electron chi connectivity index (χ2n) is 5.50. The minimum absolute atomic E-state index is 0.111. The number of aliphatic hydroxyl groups excluding tert-OH is 1. The Morgan fingerprint density at radius 3 is 2.40 bits per heavy atom. The van der Waals surface area contributed by atoms with E-state index < -0.39 is 0 Å². The summed E-state index contributed by atoms with van der Waals surface area (Å²) in [6.07, 6.45) is 6.98. The third-order valence-corrected chi connectivity index (χ3v) is 3.41. The van der Waals surface area contributed by atoms with Gasteiger partial charge in [-0.15, -0.1) is 0 Å². The van der Waals surface area contributed by atoms with Crippen LogP contribution in [0.15, 0.2) is 0 Å². The molecule has 2 N–H and O–H groups in total. The van der Waals surface area contributed by atoms with Gasteiger partial charge in [-0.05, 0) is 38.5 Å². The molecule has 0 radical (unpaired) electrons. The lowest BCUT2D eigenvalue weighted by Crippen LogP contribution is -2.46. The average Bonchev–Trinajstić information content (AvgIpc) is 2.18. The van der Waals surface area contributed by atoms with Crippen LogP contribution in [-0.4, -0.2) is 23.3 Å². The number of nitrogens with one attached hydrogen (secondary N) is 1. The van der Waals surface area contributed by atoms with Crippen molar-refractivity contribution < 1.29 is 5.11 Å². The van der Waals surface area contributed by atoms with E-state index >= 15 is 0 Å². The summed E-state index contributed by atoms with van der Waals surface area (Å²) in [6, 6.07) is 0.895. The Balaban J connectivity index is 2.20. The Kier molecular flexibility index (Phi) is 5.62. The lowest BCUT2D eigenvalue weighted by molar-refractivity contribution is 0.0850. The number of hydrogen-bond acceptors (Lipinski definition) is 2. The van der Waals surface area contributed by atoms with Crippen LogP contribution in [0.1, 0.15) is 59.3 Å². The molecule has 0 unspecified atom stereocenters. The molecule has 0 aromatic rings. The Hall–Kier alpha value is -0.0800. The van der Waals surface area contributed by atoms with Crippen LogP contribution in [0.3, 0.4) is 0 Å². The van der Waals surface area contributed by atoms with Crippen molar-refractivity contribution in [3.8, 4) is 0 Å². The van der Waals surface area contributed by atoms with E-state index in [-0.39, 0.29) is 6.10 Å². The Labute approximate surface area is 94.5 Å². The van der Waals surface area contributed by atoms with Crippen molar-refractivity contribution in [2.45, 2.75) is 77.5 Å². The van der Waals surface area contributed by atoms with E-state index in [0.717, 1.165) is 18.8 Å². The molecule has 1 rings (SSSR count). The van der Waals surface area contributed by atoms with E-state index in [1.165, 1.54) is 25.7 Å². The molecule has 0 aromatic carbocycles. The molecule has 3 atom stereocenters. The molecule has 0 heterocycles. The monoisotopic (exact) mass is 213 g/mol. The van der Waals surface area contributed by atoms with E-state index in [1.54, 1.807) is 0 Å². The summed E-state index contributed by atoms with van der Waals surface area (Å²) in [5.74, 6) is 0.783. The van der Waals surface area contributed by atoms with Crippen molar-refractivity contribution in [3.05, 3.63) is 0 Å². The standard InChI is InChI=1S/C13H27NO/c1-10(2)8-9-11(3)14-12-6-4-5-7-13(12)15/h10-15H,4-9H2,1-3H3/t11-,12-,13+/m0/s1. The molecule has 2 heteroatoms. The van der Waals surface area contributed by atoms with Gasteiger partial charge in [0.1, 0.15) is 0 Å². The highest BCUT2D eigenvalue weighted by Crippen LogP contribution is 2.19. The van der Waals surface area contributed by atoms with E-state index in [4.69, 9.17) is 0 Å². The van der Waals surface area contributed by atoms with Gasteiger partial charge in [-0.1, -0.05) is 26.7 Å². The Bertz CT molecular complexity index is 170. The second-order valence-corrected chi connectivity index (χ2v) is 5.50. The summed E-state index contributed by atoms with van der Waals surface area (Å²) in [5.41, 5.74) is 0. The van der Waals surface area contributed by atoms with Crippen molar-refractivity contribution in [2.24, 2.45) is 5.92 Å². The zero-order valence-electron chi connectivity index (χ0n) is 10.5. The fourth-order valence-electron chi connectivity index (χ4n) is 2.34. The summed E-state index contributed by atoms with van der Waals surface area (Å²) in [7, 11) is 0. The fraction of sp³-hybridized carbons (Fsp3) is 1.00. The SMILES string of the molecule is CC(C)CC[C@H](C)N[C@H]1CCCC[C@H]1O. The normalized spacial score (nSPS) is 29.4. The maximum absolute atomic E-state index is 9.83. The van der Waals surface area contributed by atoms with Crippen LogP contribution < -0.4 is 5.32 Å². The van der Waals surface area contributed by atoms with Crippen LogP contribution in [-0.2, 0) is 0 Å². The van der Waals surface area contributed by atoms with Crippen molar-refractivity contribution >= 4 is 0 Å². The molecule has 15 heavy (non-hydrogen) atoms. The van der Waals surface area contributed by atoms with Gasteiger partial charge in [0.05, 0.1) is 6.10 Å². The first-order valence-electron chi connectivity index (χ1n) is 6.53. The molecular formula is C13H27NO. The maximum Gasteiger partial charge on any atom is 0.0693 e. The molecule has 1 fully saturated rings. The second kappa shape index (κ2) is 6.49. The van der Waals surface area contributed by atoms with Gasteiger partial charge in [-0.25, -0.2) is 0 Å². The van der Waals surface area contributed by atoms with Crippen LogP contribution in [0.2, 0.25) is 0 Å². The van der Waals surface area contributed by atoms with Crippen molar-refractivity contribution in [1.82, 2.24) is 5.32 Å². The summed E-state index contributed by atoms with van der Waals surface area (Å²) in [4.78, 5) is 0. The predicted octanol–water partition coefficient (Wildman–Crippen LogP) is 2.70. The molecule has 0 aromatic heterocycles. The largest absolute Gasteiger partial charge is 0.392 e. The minimum Gasteiger partial charge on any atom is -0.392 e. The molecule has 0 aliphatic heterocycles. The van der Waals surface area contributed by atoms with Gasteiger partial charge in [-0.3, -0.25) is 0 Å². The summed E-state index contributed by atoms with van der Waals surface area (Å²) in [6.45, 7) is 6.77. The smallest absolute Gasteiger partial charge is 0.0693 e.